The van der Waals surface area contributed by atoms with Gasteiger partial charge in [-0.15, -0.1) is 0 Å². The monoisotopic (exact) mass is 398 g/mol. The number of aryl methyl sites for hydroxylation is 1. The fourth-order valence-electron chi connectivity index (χ4n) is 5.46. The number of nitrogens with one attached hydrogen (secondary N) is 2. The molecule has 3 aliphatic rings. The van der Waals surface area contributed by atoms with Crippen LogP contribution in [0.1, 0.15) is 24.4 Å². The van der Waals surface area contributed by atoms with E-state index >= 15 is 0 Å². The van der Waals surface area contributed by atoms with Crippen LogP contribution >= 0.6 is 0 Å². The molecule has 3 saturated heterocycles. The molecular formula is C20H26N6O3. The van der Waals surface area contributed by atoms with Gasteiger partial charge in [0.25, 0.3) is 5.56 Å². The van der Waals surface area contributed by atoms with Crippen LogP contribution < -0.4 is 10.9 Å². The van der Waals surface area contributed by atoms with Crippen LogP contribution in [0.2, 0.25) is 0 Å². The molecule has 2 aromatic heterocycles. The average Bonchev–Trinajstić information content (AvgIpc) is 3.40. The number of likely N-dealkylation sites (tertiary alicyclic amines) is 1. The molecular weight excluding hydrogens is 372 g/mol. The molecule has 0 radical (unpaired) electrons. The molecule has 0 unspecified atom stereocenters. The first kappa shape index (κ1) is 18.5. The Bertz CT molecular complexity index is 957. The molecule has 9 heteroatoms. The number of amides is 1. The summed E-state index contributed by atoms with van der Waals surface area (Å²) in [5.41, 5.74) is 0.569. The zero-order valence-electron chi connectivity index (χ0n) is 16.5. The predicted octanol–water partition coefficient (Wildman–Crippen LogP) is 0.0706. The number of carbonyl (C=O) groups is 1. The number of hydrogen-bond acceptors (Lipinski definition) is 6. The summed E-state index contributed by atoms with van der Waals surface area (Å²) in [6, 6.07) is 3.38. The van der Waals surface area contributed by atoms with Crippen LogP contribution in [0, 0.1) is 18.8 Å². The Labute approximate surface area is 168 Å². The van der Waals surface area contributed by atoms with Gasteiger partial charge in [-0.3, -0.25) is 19.2 Å². The van der Waals surface area contributed by atoms with Crippen molar-refractivity contribution in [3.05, 3.63) is 46.4 Å². The summed E-state index contributed by atoms with van der Waals surface area (Å²) in [4.78, 5) is 33.5. The third kappa shape index (κ3) is 3.49. The molecule has 9 nitrogen and oxygen atoms in total. The van der Waals surface area contributed by atoms with E-state index in [0.29, 0.717) is 30.7 Å². The fourth-order valence-corrected chi connectivity index (χ4v) is 5.46. The smallest absolute Gasteiger partial charge is 0.251 e. The van der Waals surface area contributed by atoms with Crippen molar-refractivity contribution in [3.8, 4) is 0 Å². The maximum Gasteiger partial charge on any atom is 0.251 e. The van der Waals surface area contributed by atoms with Crippen molar-refractivity contribution in [3.63, 3.8) is 0 Å². The van der Waals surface area contributed by atoms with Crippen molar-refractivity contribution < 1.29 is 9.53 Å². The Morgan fingerprint density at radius 3 is 3.17 bits per heavy atom. The number of aromatic nitrogens is 4. The molecule has 2 aromatic rings. The van der Waals surface area contributed by atoms with Gasteiger partial charge < -0.3 is 15.0 Å². The molecule has 5 rings (SSSR count). The fraction of sp³-hybridized carbons (Fsp3) is 0.600. The molecule has 4 atom stereocenters. The van der Waals surface area contributed by atoms with Crippen molar-refractivity contribution in [2.75, 3.05) is 19.6 Å². The van der Waals surface area contributed by atoms with Crippen molar-refractivity contribution in [2.24, 2.45) is 11.8 Å². The molecule has 154 valence electrons. The molecule has 1 spiro atoms. The van der Waals surface area contributed by atoms with Gasteiger partial charge in [-0.1, -0.05) is 0 Å². The predicted molar refractivity (Wildman–Crippen MR) is 104 cm³/mol. The highest BCUT2D eigenvalue weighted by molar-refractivity contribution is 5.75. The Morgan fingerprint density at radius 1 is 1.48 bits per heavy atom. The number of hydrogen-bond donors (Lipinski definition) is 2. The number of aromatic amines is 1. The summed E-state index contributed by atoms with van der Waals surface area (Å²) in [6.07, 6.45) is 5.80. The maximum atomic E-state index is 12.3. The zero-order valence-corrected chi connectivity index (χ0v) is 16.5. The second kappa shape index (κ2) is 7.07. The zero-order chi connectivity index (χ0) is 20.0. The van der Waals surface area contributed by atoms with Crippen molar-refractivity contribution in [1.29, 1.82) is 0 Å². The quantitative estimate of drug-likeness (QED) is 0.714. The summed E-state index contributed by atoms with van der Waals surface area (Å²) in [7, 11) is 0. The number of rotatable bonds is 6. The van der Waals surface area contributed by atoms with E-state index in [1.54, 1.807) is 30.1 Å². The number of ether oxygens (including phenoxy) is 1. The second-order valence-electron chi connectivity index (χ2n) is 8.53. The SMILES string of the molecule is Cc1nc(CN2C[C@@H]3[C@H](CNC(=O)Cn4cccn4)[C@H]4CC[C@]3(C2)O4)cc(=O)[nH]1. The lowest BCUT2D eigenvalue weighted by Gasteiger charge is -2.29. The van der Waals surface area contributed by atoms with Gasteiger partial charge >= 0.3 is 0 Å². The van der Waals surface area contributed by atoms with Crippen molar-refractivity contribution in [1.82, 2.24) is 30.0 Å². The molecule has 5 heterocycles. The summed E-state index contributed by atoms with van der Waals surface area (Å²) >= 11 is 0. The van der Waals surface area contributed by atoms with E-state index in [2.05, 4.69) is 25.3 Å². The van der Waals surface area contributed by atoms with E-state index in [9.17, 15) is 9.59 Å². The van der Waals surface area contributed by atoms with Crippen molar-refractivity contribution in [2.45, 2.75) is 44.6 Å². The Hall–Kier alpha value is -2.52. The van der Waals surface area contributed by atoms with Gasteiger partial charge in [0.15, 0.2) is 0 Å². The average molecular weight is 398 g/mol. The Morgan fingerprint density at radius 2 is 2.38 bits per heavy atom. The van der Waals surface area contributed by atoms with E-state index in [-0.39, 0.29) is 29.7 Å². The molecule has 0 saturated carbocycles. The molecule has 0 aliphatic carbocycles. The lowest BCUT2D eigenvalue weighted by Crippen LogP contribution is -2.42. The van der Waals surface area contributed by atoms with Crippen LogP contribution in [0.15, 0.2) is 29.3 Å². The Balaban J connectivity index is 1.23. The van der Waals surface area contributed by atoms with Crippen LogP contribution in [0.4, 0.5) is 0 Å². The van der Waals surface area contributed by atoms with Crippen LogP contribution in [-0.4, -0.2) is 61.9 Å². The van der Waals surface area contributed by atoms with E-state index in [4.69, 9.17) is 4.74 Å². The number of fused-ring (bicyclic) bond motifs is 1. The van der Waals surface area contributed by atoms with Crippen LogP contribution in [0.25, 0.3) is 0 Å². The number of nitrogens with zero attached hydrogens (tertiary/aromatic N) is 4. The third-order valence-corrected chi connectivity index (χ3v) is 6.55. The molecule has 2 bridgehead atoms. The topological polar surface area (TPSA) is 105 Å². The minimum absolute atomic E-state index is 0.0245. The second-order valence-corrected chi connectivity index (χ2v) is 8.53. The maximum absolute atomic E-state index is 12.3. The first-order valence-corrected chi connectivity index (χ1v) is 10.2. The van der Waals surface area contributed by atoms with Crippen molar-refractivity contribution >= 4 is 5.91 Å². The Kier molecular flexibility index (Phi) is 4.51. The van der Waals surface area contributed by atoms with E-state index < -0.39 is 0 Å². The number of H-pyrrole nitrogens is 1. The summed E-state index contributed by atoms with van der Waals surface area (Å²) in [5.74, 6) is 1.34. The van der Waals surface area contributed by atoms with Gasteiger partial charge in [0.1, 0.15) is 12.4 Å². The molecule has 1 amide bonds. The third-order valence-electron chi connectivity index (χ3n) is 6.55. The van der Waals surface area contributed by atoms with Gasteiger partial charge in [-0.05, 0) is 25.8 Å². The van der Waals surface area contributed by atoms with Gasteiger partial charge in [-0.2, -0.15) is 5.10 Å². The largest absolute Gasteiger partial charge is 0.370 e. The molecule has 2 N–H and O–H groups in total. The van der Waals surface area contributed by atoms with E-state index in [0.717, 1.165) is 31.6 Å². The number of carbonyl (C=O) groups excluding carboxylic acids is 1. The standard InChI is InChI=1S/C20H26N6O3/c1-13-23-14(7-18(27)24-13)9-25-10-16-15(17-3-4-20(16,12-25)29-17)8-21-19(28)11-26-6-2-5-22-26/h2,5-7,15-17H,3-4,8-12H2,1H3,(H,21,28)(H,23,24,27)/t15-,16+,17+,20+/m0/s1. The lowest BCUT2D eigenvalue weighted by atomic mass is 9.73. The van der Waals surface area contributed by atoms with E-state index in [1.807, 2.05) is 6.07 Å². The van der Waals surface area contributed by atoms with Gasteiger partial charge in [0.2, 0.25) is 5.91 Å². The summed E-state index contributed by atoms with van der Waals surface area (Å²) < 4.78 is 8.08. The van der Waals surface area contributed by atoms with Crippen LogP contribution in [-0.2, 0) is 22.6 Å². The normalized spacial score (nSPS) is 30.6. The van der Waals surface area contributed by atoms with Crippen LogP contribution in [0.3, 0.4) is 0 Å². The molecule has 29 heavy (non-hydrogen) atoms. The van der Waals surface area contributed by atoms with Gasteiger partial charge in [0, 0.05) is 56.5 Å². The van der Waals surface area contributed by atoms with Crippen LogP contribution in [0.5, 0.6) is 0 Å². The summed E-state index contributed by atoms with van der Waals surface area (Å²) in [6.45, 7) is 5.08. The highest BCUT2D eigenvalue weighted by Gasteiger charge is 2.62. The van der Waals surface area contributed by atoms with Gasteiger partial charge in [-0.25, -0.2) is 4.98 Å². The van der Waals surface area contributed by atoms with E-state index in [1.165, 1.54) is 0 Å². The summed E-state index contributed by atoms with van der Waals surface area (Å²) in [5, 5.41) is 7.16. The minimum Gasteiger partial charge on any atom is -0.370 e. The van der Waals surface area contributed by atoms with Gasteiger partial charge in [0.05, 0.1) is 17.4 Å². The first-order valence-electron chi connectivity index (χ1n) is 10.2. The molecule has 3 aliphatic heterocycles. The molecule has 0 aromatic carbocycles. The first-order chi connectivity index (χ1) is 14.0. The lowest BCUT2D eigenvalue weighted by molar-refractivity contribution is -0.122. The molecule has 3 fully saturated rings. The highest BCUT2D eigenvalue weighted by atomic mass is 16.5. The minimum atomic E-state index is -0.113. The highest BCUT2D eigenvalue weighted by Crippen LogP contribution is 2.54.